The topological polar surface area (TPSA) is 92.6 Å². The fourth-order valence-corrected chi connectivity index (χ4v) is 4.55. The van der Waals surface area contributed by atoms with Gasteiger partial charge in [-0.2, -0.15) is 0 Å². The van der Waals surface area contributed by atoms with Crippen LogP contribution in [0.3, 0.4) is 0 Å². The van der Waals surface area contributed by atoms with Crippen molar-refractivity contribution in [3.05, 3.63) is 71.3 Å². The monoisotopic (exact) mass is 439 g/mol. The summed E-state index contributed by atoms with van der Waals surface area (Å²) in [6.45, 7) is 0. The van der Waals surface area contributed by atoms with Gasteiger partial charge in [0.15, 0.2) is 4.34 Å². The number of aliphatic hydroxyl groups is 1. The average Bonchev–Trinajstić information content (AvgIpc) is 3.36. The van der Waals surface area contributed by atoms with Gasteiger partial charge in [0.1, 0.15) is 11.5 Å². The number of benzene rings is 2. The van der Waals surface area contributed by atoms with Gasteiger partial charge in [0.05, 0.1) is 18.7 Å². The maximum atomic E-state index is 13.0. The molecule has 9 heteroatoms. The summed E-state index contributed by atoms with van der Waals surface area (Å²) in [5.74, 6) is -1.11. The highest BCUT2D eigenvalue weighted by atomic mass is 32.2. The number of hydrogen-bond acceptors (Lipinski definition) is 8. The number of ether oxygens (including phenoxy) is 1. The second kappa shape index (κ2) is 8.29. The third kappa shape index (κ3) is 3.46. The third-order valence-corrected chi connectivity index (χ3v) is 6.60. The zero-order valence-corrected chi connectivity index (χ0v) is 17.7. The second-order valence-corrected chi connectivity index (χ2v) is 8.37. The number of methoxy groups -OCH3 is 1. The van der Waals surface area contributed by atoms with Crippen molar-refractivity contribution < 1.29 is 19.4 Å². The number of Topliss-reactive ketones (excluding diaryl/α,β-unsaturated/α-hetero) is 1. The van der Waals surface area contributed by atoms with E-state index in [0.717, 1.165) is 0 Å². The van der Waals surface area contributed by atoms with Crippen LogP contribution in [-0.4, -0.2) is 40.4 Å². The predicted molar refractivity (Wildman–Crippen MR) is 116 cm³/mol. The molecule has 2 heterocycles. The summed E-state index contributed by atoms with van der Waals surface area (Å²) in [5.41, 5.74) is 1.11. The molecule has 3 aromatic rings. The molecule has 1 amide bonds. The number of rotatable bonds is 5. The van der Waals surface area contributed by atoms with Crippen LogP contribution in [-0.2, 0) is 9.59 Å². The lowest BCUT2D eigenvalue weighted by molar-refractivity contribution is -0.132. The zero-order chi connectivity index (χ0) is 21.3. The number of aliphatic hydroxyl groups excluding tert-OH is 1. The summed E-state index contributed by atoms with van der Waals surface area (Å²) in [6.07, 6.45) is 1.86. The van der Waals surface area contributed by atoms with E-state index in [4.69, 9.17) is 4.74 Å². The minimum absolute atomic E-state index is 0.0114. The molecule has 152 valence electrons. The van der Waals surface area contributed by atoms with E-state index in [2.05, 4.69) is 10.2 Å². The zero-order valence-electron chi connectivity index (χ0n) is 16.1. The van der Waals surface area contributed by atoms with Crippen molar-refractivity contribution in [1.29, 1.82) is 0 Å². The number of carbonyl (C=O) groups is 2. The lowest BCUT2D eigenvalue weighted by atomic mass is 9.95. The van der Waals surface area contributed by atoms with Crippen molar-refractivity contribution in [1.82, 2.24) is 10.2 Å². The Bertz CT molecular complexity index is 1130. The molecule has 2 aromatic carbocycles. The number of ketones is 1. The molecule has 0 spiro atoms. The molecule has 1 aliphatic heterocycles. The fourth-order valence-electron chi connectivity index (χ4n) is 3.27. The molecule has 0 saturated carbocycles. The molecule has 0 radical (unpaired) electrons. The molecule has 7 nitrogen and oxygen atoms in total. The molecule has 4 rings (SSSR count). The molecule has 1 aromatic heterocycles. The van der Waals surface area contributed by atoms with Crippen molar-refractivity contribution in [3.8, 4) is 5.75 Å². The molecule has 1 saturated heterocycles. The lowest BCUT2D eigenvalue weighted by Gasteiger charge is -2.22. The molecule has 0 unspecified atom stereocenters. The van der Waals surface area contributed by atoms with Crippen LogP contribution >= 0.6 is 23.1 Å². The van der Waals surface area contributed by atoms with Crippen molar-refractivity contribution >= 4 is 45.7 Å². The van der Waals surface area contributed by atoms with Crippen LogP contribution in [0.25, 0.3) is 5.76 Å². The quantitative estimate of drug-likeness (QED) is 0.212. The van der Waals surface area contributed by atoms with Gasteiger partial charge in [0, 0.05) is 5.56 Å². The predicted octanol–water partition coefficient (Wildman–Crippen LogP) is 3.89. The van der Waals surface area contributed by atoms with E-state index < -0.39 is 17.7 Å². The number of anilines is 1. The minimum Gasteiger partial charge on any atom is -0.507 e. The Balaban J connectivity index is 1.91. The average molecular weight is 440 g/mol. The summed E-state index contributed by atoms with van der Waals surface area (Å²) in [6, 6.07) is 14.9. The summed E-state index contributed by atoms with van der Waals surface area (Å²) in [4.78, 5) is 27.3. The number of amides is 1. The summed E-state index contributed by atoms with van der Waals surface area (Å²) in [7, 11) is 1.56. The molecule has 0 bridgehead atoms. The molecule has 1 aliphatic rings. The van der Waals surface area contributed by atoms with Crippen LogP contribution in [0.1, 0.15) is 17.2 Å². The highest BCUT2D eigenvalue weighted by molar-refractivity contribution is 8.00. The third-order valence-electron chi connectivity index (χ3n) is 4.70. The van der Waals surface area contributed by atoms with Crippen LogP contribution < -0.4 is 9.64 Å². The molecular weight excluding hydrogens is 422 g/mol. The Hall–Kier alpha value is -3.17. The van der Waals surface area contributed by atoms with Gasteiger partial charge in [0.2, 0.25) is 5.13 Å². The first-order chi connectivity index (χ1) is 14.5. The van der Waals surface area contributed by atoms with E-state index >= 15 is 0 Å². The Morgan fingerprint density at radius 1 is 1.10 bits per heavy atom. The molecule has 0 aliphatic carbocycles. The molecule has 1 atom stereocenters. The van der Waals surface area contributed by atoms with Crippen LogP contribution in [0, 0.1) is 0 Å². The number of hydrogen-bond donors (Lipinski definition) is 1. The standard InChI is InChI=1S/C21H17N3O4S2/c1-28-14-10-8-12(9-11-14)16-15(17(25)13-6-4-3-5-7-13)18(26)19(27)24(16)20-22-23-21(29-2)30-20/h3-11,16,25H,1-2H3/b17-15+/t16-/m1/s1. The highest BCUT2D eigenvalue weighted by Gasteiger charge is 2.48. The minimum atomic E-state index is -0.834. The van der Waals surface area contributed by atoms with Gasteiger partial charge in [-0.15, -0.1) is 10.2 Å². The Morgan fingerprint density at radius 3 is 2.40 bits per heavy atom. The van der Waals surface area contributed by atoms with Gasteiger partial charge in [-0.3, -0.25) is 14.5 Å². The molecule has 30 heavy (non-hydrogen) atoms. The van der Waals surface area contributed by atoms with E-state index in [0.29, 0.717) is 26.3 Å². The summed E-state index contributed by atoms with van der Waals surface area (Å²) >= 11 is 2.62. The van der Waals surface area contributed by atoms with Crippen molar-refractivity contribution in [2.75, 3.05) is 18.3 Å². The lowest BCUT2D eigenvalue weighted by Crippen LogP contribution is -2.29. The van der Waals surface area contributed by atoms with E-state index in [1.54, 1.807) is 55.6 Å². The second-order valence-electron chi connectivity index (χ2n) is 6.36. The van der Waals surface area contributed by atoms with Crippen molar-refractivity contribution in [3.63, 3.8) is 0 Å². The van der Waals surface area contributed by atoms with E-state index in [-0.39, 0.29) is 11.3 Å². The van der Waals surface area contributed by atoms with Gasteiger partial charge in [0.25, 0.3) is 5.78 Å². The van der Waals surface area contributed by atoms with Gasteiger partial charge < -0.3 is 9.84 Å². The number of nitrogens with zero attached hydrogens (tertiary/aromatic N) is 3. The SMILES string of the molecule is COc1ccc([C@@H]2/C(=C(\O)c3ccccc3)C(=O)C(=O)N2c2nnc(SC)s2)cc1. The van der Waals surface area contributed by atoms with Crippen LogP contribution in [0.5, 0.6) is 5.75 Å². The van der Waals surface area contributed by atoms with Crippen LogP contribution in [0.2, 0.25) is 0 Å². The summed E-state index contributed by atoms with van der Waals surface area (Å²) < 4.78 is 5.88. The van der Waals surface area contributed by atoms with Gasteiger partial charge in [-0.1, -0.05) is 65.6 Å². The van der Waals surface area contributed by atoms with E-state index in [9.17, 15) is 14.7 Å². The maximum Gasteiger partial charge on any atom is 0.301 e. The fraction of sp³-hybridized carbons (Fsp3) is 0.143. The van der Waals surface area contributed by atoms with Crippen LogP contribution in [0.15, 0.2) is 64.5 Å². The molecule has 1 N–H and O–H groups in total. The number of thioether (sulfide) groups is 1. The Kier molecular flexibility index (Phi) is 5.56. The first kappa shape index (κ1) is 20.1. The van der Waals surface area contributed by atoms with Gasteiger partial charge >= 0.3 is 5.91 Å². The van der Waals surface area contributed by atoms with Crippen LogP contribution in [0.4, 0.5) is 5.13 Å². The van der Waals surface area contributed by atoms with Crippen molar-refractivity contribution in [2.45, 2.75) is 10.4 Å². The number of carbonyl (C=O) groups excluding carboxylic acids is 2. The Labute approximate surface area is 181 Å². The maximum absolute atomic E-state index is 13.0. The first-order valence-corrected chi connectivity index (χ1v) is 11.0. The van der Waals surface area contributed by atoms with Crippen molar-refractivity contribution in [2.24, 2.45) is 0 Å². The summed E-state index contributed by atoms with van der Waals surface area (Å²) in [5, 5.41) is 19.4. The smallest absolute Gasteiger partial charge is 0.301 e. The van der Waals surface area contributed by atoms with Gasteiger partial charge in [-0.25, -0.2) is 0 Å². The number of aromatic nitrogens is 2. The van der Waals surface area contributed by atoms with E-state index in [1.807, 2.05) is 12.3 Å². The Morgan fingerprint density at radius 2 is 1.80 bits per heavy atom. The molecule has 1 fully saturated rings. The highest BCUT2D eigenvalue weighted by Crippen LogP contribution is 2.43. The normalized spacial score (nSPS) is 18.1. The van der Waals surface area contributed by atoms with E-state index in [1.165, 1.54) is 28.0 Å². The molecular formula is C21H17N3O4S2. The largest absolute Gasteiger partial charge is 0.507 e. The van der Waals surface area contributed by atoms with Gasteiger partial charge in [-0.05, 0) is 24.0 Å². The first-order valence-electron chi connectivity index (χ1n) is 8.93.